The summed E-state index contributed by atoms with van der Waals surface area (Å²) in [6, 6.07) is 0. The van der Waals surface area contributed by atoms with Crippen molar-refractivity contribution in [2.45, 2.75) is 13.3 Å². The van der Waals surface area contributed by atoms with Crippen LogP contribution in [0.1, 0.15) is 13.3 Å². The summed E-state index contributed by atoms with van der Waals surface area (Å²) >= 11 is 0. The van der Waals surface area contributed by atoms with Crippen LogP contribution < -0.4 is 0 Å². The molecule has 0 aliphatic heterocycles. The van der Waals surface area contributed by atoms with E-state index in [2.05, 4.69) is 0 Å². The van der Waals surface area contributed by atoms with Crippen molar-refractivity contribution in [3.63, 3.8) is 0 Å². The minimum atomic E-state index is 0.715. The van der Waals surface area contributed by atoms with Gasteiger partial charge in [-0.25, -0.2) is 0 Å². The molecule has 1 nitrogen and oxygen atoms in total. The van der Waals surface area contributed by atoms with Crippen LogP contribution in [-0.4, -0.2) is 12.1 Å². The second kappa shape index (κ2) is 3.30. The highest BCUT2D eigenvalue weighted by molar-refractivity contribution is 7.57. The van der Waals surface area contributed by atoms with Crippen LogP contribution in [0, 0.1) is 5.41 Å². The van der Waals surface area contributed by atoms with Gasteiger partial charge in [-0.15, -0.1) is 0 Å². The molecule has 0 aliphatic carbocycles. The lowest BCUT2D eigenvalue weighted by Crippen LogP contribution is -1.77. The van der Waals surface area contributed by atoms with Gasteiger partial charge in [0.25, 0.3) is 0 Å². The van der Waals surface area contributed by atoms with E-state index in [1.807, 2.05) is 13.6 Å². The van der Waals surface area contributed by atoms with E-state index >= 15 is 0 Å². The van der Waals surface area contributed by atoms with E-state index < -0.39 is 0 Å². The van der Waals surface area contributed by atoms with Crippen molar-refractivity contribution in [1.82, 2.24) is 0 Å². The summed E-state index contributed by atoms with van der Waals surface area (Å²) in [4.78, 5) is 0. The lowest BCUT2D eigenvalue weighted by molar-refractivity contribution is 1.28. The van der Waals surface area contributed by atoms with Gasteiger partial charge in [-0.05, 0) is 13.1 Å². The molecule has 0 aromatic carbocycles. The van der Waals surface area contributed by atoms with Gasteiger partial charge in [-0.2, -0.15) is 0 Å². The number of nitrogens with one attached hydrogen (secondary N) is 1. The topological polar surface area (TPSA) is 23.9 Å². The quantitative estimate of drug-likeness (QED) is 0.406. The summed E-state index contributed by atoms with van der Waals surface area (Å²) in [5.74, 6) is 0. The molecule has 6 heavy (non-hydrogen) atoms. The Kier molecular flexibility index (Phi) is 3.35. The van der Waals surface area contributed by atoms with Crippen molar-refractivity contribution in [3.05, 3.63) is 0 Å². The Morgan fingerprint density at radius 3 is 2.33 bits per heavy atom. The largest absolute Gasteiger partial charge is 0.305 e. The second-order valence-electron chi connectivity index (χ2n) is 1.08. The molecule has 0 heterocycles. The summed E-state index contributed by atoms with van der Waals surface area (Å²) in [7, 11) is 0.715. The van der Waals surface area contributed by atoms with Crippen molar-refractivity contribution < 1.29 is 0 Å². The van der Waals surface area contributed by atoms with Gasteiger partial charge in [0.15, 0.2) is 0 Å². The van der Waals surface area contributed by atoms with Gasteiger partial charge >= 0.3 is 0 Å². The zero-order valence-electron chi connectivity index (χ0n) is 4.21. The molecule has 0 rings (SSSR count). The zero-order chi connectivity index (χ0) is 4.99. The Morgan fingerprint density at radius 2 is 2.33 bits per heavy atom. The summed E-state index contributed by atoms with van der Waals surface area (Å²) in [5, 5.41) is 7.00. The Hall–Kier alpha value is 0.100. The molecule has 2 heteroatoms. The fourth-order valence-corrected chi connectivity index (χ4v) is 0.530. The van der Waals surface area contributed by atoms with Crippen LogP contribution in [0.15, 0.2) is 0 Å². The maximum absolute atomic E-state index is 7.00. The minimum absolute atomic E-state index is 0.715. The van der Waals surface area contributed by atoms with Crippen LogP contribution in [-0.2, 0) is 0 Å². The lowest BCUT2D eigenvalue weighted by atomic mass is 10.5. The van der Waals surface area contributed by atoms with E-state index in [9.17, 15) is 0 Å². The third-order valence-electron chi connectivity index (χ3n) is 0.655. The summed E-state index contributed by atoms with van der Waals surface area (Å²) < 4.78 is 0. The third kappa shape index (κ3) is 2.34. The number of hydrogen-bond donors (Lipinski definition) is 1. The third-order valence-corrected chi connectivity index (χ3v) is 1.61. The predicted molar refractivity (Wildman–Crippen MR) is 32.3 cm³/mol. The summed E-state index contributed by atoms with van der Waals surface area (Å²) in [6.45, 7) is 4.05. The highest BCUT2D eigenvalue weighted by atomic mass is 31.1. The SMILES string of the molecule is CCC(=N)PC. The van der Waals surface area contributed by atoms with E-state index in [4.69, 9.17) is 5.41 Å². The molecule has 0 saturated heterocycles. The second-order valence-corrected chi connectivity index (χ2v) is 2.19. The maximum atomic E-state index is 7.00. The van der Waals surface area contributed by atoms with Gasteiger partial charge in [-0.3, -0.25) is 0 Å². The average molecular weight is 103 g/mol. The van der Waals surface area contributed by atoms with Crippen LogP contribution in [0.5, 0.6) is 0 Å². The monoisotopic (exact) mass is 103 g/mol. The van der Waals surface area contributed by atoms with Crippen LogP contribution in [0.4, 0.5) is 0 Å². The van der Waals surface area contributed by atoms with Crippen LogP contribution >= 0.6 is 8.58 Å². The van der Waals surface area contributed by atoms with Crippen molar-refractivity contribution in [3.8, 4) is 0 Å². The van der Waals surface area contributed by atoms with Gasteiger partial charge in [-0.1, -0.05) is 15.5 Å². The first-order valence-corrected chi connectivity index (χ1v) is 3.56. The molecule has 0 aromatic heterocycles. The van der Waals surface area contributed by atoms with Crippen LogP contribution in [0.3, 0.4) is 0 Å². The Bertz CT molecular complexity index is 45.5. The standard InChI is InChI=1S/C4H10NP/c1-3-4(5)6-2/h5-6H,3H2,1-2H3. The van der Waals surface area contributed by atoms with Crippen LogP contribution in [0.25, 0.3) is 0 Å². The Morgan fingerprint density at radius 1 is 1.83 bits per heavy atom. The Balaban J connectivity index is 2.99. The van der Waals surface area contributed by atoms with E-state index in [-0.39, 0.29) is 0 Å². The fourth-order valence-electron chi connectivity index (χ4n) is 0.177. The highest BCUT2D eigenvalue weighted by Crippen LogP contribution is 2.05. The molecule has 0 radical (unpaired) electrons. The zero-order valence-corrected chi connectivity index (χ0v) is 5.21. The maximum Gasteiger partial charge on any atom is 0.0282 e. The molecule has 0 spiro atoms. The van der Waals surface area contributed by atoms with E-state index in [1.54, 1.807) is 0 Å². The highest BCUT2D eigenvalue weighted by Gasteiger charge is 1.80. The lowest BCUT2D eigenvalue weighted by Gasteiger charge is -1.87. The molecule has 1 unspecified atom stereocenters. The molecule has 36 valence electrons. The van der Waals surface area contributed by atoms with Gasteiger partial charge in [0.05, 0.1) is 0 Å². The van der Waals surface area contributed by atoms with E-state index in [1.165, 1.54) is 0 Å². The first-order chi connectivity index (χ1) is 2.81. The summed E-state index contributed by atoms with van der Waals surface area (Å²) in [6.07, 6.45) is 0.926. The van der Waals surface area contributed by atoms with Crippen LogP contribution in [0.2, 0.25) is 0 Å². The normalized spacial score (nSPS) is 10.3. The molecular formula is C4H10NP. The molecule has 1 N–H and O–H groups in total. The molecule has 1 atom stereocenters. The molecule has 0 aromatic rings. The van der Waals surface area contributed by atoms with Crippen molar-refractivity contribution in [2.24, 2.45) is 0 Å². The molecule has 0 aliphatic rings. The van der Waals surface area contributed by atoms with Gasteiger partial charge < -0.3 is 5.41 Å². The van der Waals surface area contributed by atoms with Crippen molar-refractivity contribution in [2.75, 3.05) is 6.66 Å². The molecule has 0 saturated carbocycles. The Labute approximate surface area is 40.4 Å². The van der Waals surface area contributed by atoms with Gasteiger partial charge in [0.2, 0.25) is 0 Å². The molecule has 0 bridgehead atoms. The first-order valence-electron chi connectivity index (χ1n) is 2.06. The molecule has 0 fully saturated rings. The first kappa shape index (κ1) is 6.10. The minimum Gasteiger partial charge on any atom is -0.305 e. The van der Waals surface area contributed by atoms with E-state index in [0.717, 1.165) is 11.9 Å². The van der Waals surface area contributed by atoms with Gasteiger partial charge in [0, 0.05) is 5.45 Å². The van der Waals surface area contributed by atoms with E-state index in [0.29, 0.717) is 8.58 Å². The fraction of sp³-hybridized carbons (Fsp3) is 0.750. The average Bonchev–Trinajstić information content (AvgIpc) is 1.65. The number of rotatable bonds is 2. The van der Waals surface area contributed by atoms with Crippen molar-refractivity contribution in [1.29, 1.82) is 5.41 Å². The van der Waals surface area contributed by atoms with Crippen molar-refractivity contribution >= 4 is 14.0 Å². The molecular weight excluding hydrogens is 93.0 g/mol. The molecule has 0 amide bonds. The summed E-state index contributed by atoms with van der Waals surface area (Å²) in [5.41, 5.74) is 0.870. The predicted octanol–water partition coefficient (Wildman–Crippen LogP) is 1.68. The smallest absolute Gasteiger partial charge is 0.0282 e. The van der Waals surface area contributed by atoms with Gasteiger partial charge in [0.1, 0.15) is 0 Å². The number of hydrogen-bond acceptors (Lipinski definition) is 1.